The van der Waals surface area contributed by atoms with Crippen LogP contribution in [0.15, 0.2) is 26.7 Å². The molecule has 3 aliphatic rings. The van der Waals surface area contributed by atoms with Crippen LogP contribution >= 0.6 is 31.9 Å². The molecule has 0 amide bonds. The van der Waals surface area contributed by atoms with Crippen molar-refractivity contribution in [1.29, 1.82) is 0 Å². The Morgan fingerprint density at radius 3 is 2.58 bits per heavy atom. The van der Waals surface area contributed by atoms with Crippen molar-refractivity contribution in [1.82, 2.24) is 0 Å². The highest BCUT2D eigenvalue weighted by atomic mass is 79.9. The zero-order chi connectivity index (χ0) is 13.0. The molecule has 0 N–H and O–H groups in total. The Labute approximate surface area is 129 Å². The molecule has 0 atom stereocenters. The fourth-order valence-corrected chi connectivity index (χ4v) is 4.57. The summed E-state index contributed by atoms with van der Waals surface area (Å²) in [7, 11) is 0. The summed E-state index contributed by atoms with van der Waals surface area (Å²) in [6, 6.07) is 4.25. The van der Waals surface area contributed by atoms with Gasteiger partial charge in [-0.15, -0.1) is 0 Å². The smallest absolute Gasteiger partial charge is 0.172 e. The maximum atomic E-state index is 5.89. The molecule has 1 spiro atoms. The Bertz CT molecular complexity index is 586. The summed E-state index contributed by atoms with van der Waals surface area (Å²) in [5, 5.41) is 0. The molecule has 2 nitrogen and oxygen atoms in total. The van der Waals surface area contributed by atoms with Crippen molar-refractivity contribution in [2.45, 2.75) is 31.5 Å². The molecule has 0 unspecified atom stereocenters. The Morgan fingerprint density at radius 2 is 1.79 bits per heavy atom. The van der Waals surface area contributed by atoms with Crippen molar-refractivity contribution in [3.8, 4) is 0 Å². The SMILES string of the molecule is Brc1ccc(Br)c2c1CC1=C2CC2(CC1)OCCO2. The minimum Gasteiger partial charge on any atom is -0.347 e. The van der Waals surface area contributed by atoms with Gasteiger partial charge in [-0.3, -0.25) is 0 Å². The highest BCUT2D eigenvalue weighted by molar-refractivity contribution is 9.11. The highest BCUT2D eigenvalue weighted by Crippen LogP contribution is 2.51. The van der Waals surface area contributed by atoms with E-state index in [1.807, 2.05) is 0 Å². The molecule has 4 rings (SSSR count). The van der Waals surface area contributed by atoms with Gasteiger partial charge in [-0.2, -0.15) is 0 Å². The predicted molar refractivity (Wildman–Crippen MR) is 81.0 cm³/mol. The number of halogens is 2. The second-order valence-electron chi connectivity index (χ2n) is 5.43. The van der Waals surface area contributed by atoms with Crippen molar-refractivity contribution in [3.63, 3.8) is 0 Å². The molecule has 0 radical (unpaired) electrons. The van der Waals surface area contributed by atoms with Gasteiger partial charge in [0.25, 0.3) is 0 Å². The lowest BCUT2D eigenvalue weighted by molar-refractivity contribution is -0.159. The van der Waals surface area contributed by atoms with Crippen LogP contribution in [0.25, 0.3) is 5.57 Å². The molecule has 19 heavy (non-hydrogen) atoms. The molecular formula is C15H14Br2O2. The quantitative estimate of drug-likeness (QED) is 0.656. The molecule has 1 fully saturated rings. The van der Waals surface area contributed by atoms with Gasteiger partial charge < -0.3 is 9.47 Å². The van der Waals surface area contributed by atoms with Crippen LogP contribution in [0.1, 0.15) is 30.4 Å². The molecule has 1 saturated heterocycles. The van der Waals surface area contributed by atoms with Gasteiger partial charge in [0.15, 0.2) is 5.79 Å². The minimum absolute atomic E-state index is 0.345. The number of hydrogen-bond acceptors (Lipinski definition) is 2. The number of allylic oxidation sites excluding steroid dienone is 1. The number of hydrogen-bond donors (Lipinski definition) is 0. The summed E-state index contributed by atoms with van der Waals surface area (Å²) in [5.74, 6) is -0.345. The first kappa shape index (κ1) is 12.6. The Hall–Kier alpha value is -0.160. The zero-order valence-electron chi connectivity index (χ0n) is 10.5. The first-order chi connectivity index (χ1) is 9.19. The Kier molecular flexibility index (Phi) is 2.92. The van der Waals surface area contributed by atoms with Gasteiger partial charge in [-0.1, -0.05) is 37.4 Å². The van der Waals surface area contributed by atoms with Crippen molar-refractivity contribution < 1.29 is 9.47 Å². The van der Waals surface area contributed by atoms with Crippen LogP contribution in [0.3, 0.4) is 0 Å². The molecule has 0 bridgehead atoms. The molecule has 1 aromatic rings. The van der Waals surface area contributed by atoms with Gasteiger partial charge >= 0.3 is 0 Å². The number of benzene rings is 1. The maximum absolute atomic E-state index is 5.89. The van der Waals surface area contributed by atoms with E-state index in [1.165, 1.54) is 25.6 Å². The van der Waals surface area contributed by atoms with Crippen LogP contribution in [0.4, 0.5) is 0 Å². The van der Waals surface area contributed by atoms with E-state index in [1.54, 1.807) is 5.57 Å². The van der Waals surface area contributed by atoms with E-state index in [0.29, 0.717) is 0 Å². The maximum Gasteiger partial charge on any atom is 0.172 e. The zero-order valence-corrected chi connectivity index (χ0v) is 13.6. The standard InChI is InChI=1S/C15H14Br2O2/c16-12-1-2-13(17)14-10(12)7-9-3-4-15(8-11(9)14)18-5-6-19-15/h1-2H,3-8H2. The lowest BCUT2D eigenvalue weighted by atomic mass is 9.87. The second kappa shape index (κ2) is 4.42. The average molecular weight is 386 g/mol. The third-order valence-electron chi connectivity index (χ3n) is 4.39. The Morgan fingerprint density at radius 1 is 1.05 bits per heavy atom. The van der Waals surface area contributed by atoms with E-state index in [2.05, 4.69) is 44.0 Å². The van der Waals surface area contributed by atoms with E-state index in [4.69, 9.17) is 9.47 Å². The van der Waals surface area contributed by atoms with E-state index in [-0.39, 0.29) is 5.79 Å². The van der Waals surface area contributed by atoms with Crippen LogP contribution in [0.5, 0.6) is 0 Å². The third-order valence-corrected chi connectivity index (χ3v) is 5.79. The third kappa shape index (κ3) is 1.88. The fraction of sp³-hybridized carbons (Fsp3) is 0.467. The van der Waals surface area contributed by atoms with E-state index in [0.717, 1.165) is 38.9 Å². The largest absolute Gasteiger partial charge is 0.347 e. The van der Waals surface area contributed by atoms with Crippen LogP contribution in [-0.4, -0.2) is 19.0 Å². The van der Waals surface area contributed by atoms with E-state index >= 15 is 0 Å². The average Bonchev–Trinajstić information content (AvgIpc) is 3.00. The van der Waals surface area contributed by atoms with E-state index in [9.17, 15) is 0 Å². The van der Waals surface area contributed by atoms with Crippen LogP contribution in [0.2, 0.25) is 0 Å². The topological polar surface area (TPSA) is 18.5 Å². The summed E-state index contributed by atoms with van der Waals surface area (Å²) >= 11 is 7.38. The van der Waals surface area contributed by atoms with Crippen molar-refractivity contribution in [2.75, 3.05) is 13.2 Å². The lowest BCUT2D eigenvalue weighted by Crippen LogP contribution is -2.32. The van der Waals surface area contributed by atoms with Crippen molar-refractivity contribution >= 4 is 37.4 Å². The van der Waals surface area contributed by atoms with E-state index < -0.39 is 0 Å². The van der Waals surface area contributed by atoms with Gasteiger partial charge in [0.1, 0.15) is 0 Å². The highest BCUT2D eigenvalue weighted by Gasteiger charge is 2.43. The number of rotatable bonds is 0. The molecule has 0 aromatic heterocycles. The summed E-state index contributed by atoms with van der Waals surface area (Å²) in [6.07, 6.45) is 4.04. The van der Waals surface area contributed by atoms with Crippen LogP contribution in [0, 0.1) is 0 Å². The van der Waals surface area contributed by atoms with Gasteiger partial charge in [-0.25, -0.2) is 0 Å². The van der Waals surface area contributed by atoms with Crippen molar-refractivity contribution in [2.24, 2.45) is 0 Å². The fourth-order valence-electron chi connectivity index (χ4n) is 3.48. The molecule has 2 aliphatic carbocycles. The van der Waals surface area contributed by atoms with Gasteiger partial charge in [0.05, 0.1) is 13.2 Å². The van der Waals surface area contributed by atoms with Gasteiger partial charge in [0.2, 0.25) is 0 Å². The molecule has 4 heteroatoms. The molecular weight excluding hydrogens is 372 g/mol. The summed E-state index contributed by atoms with van der Waals surface area (Å²) in [5.41, 5.74) is 5.78. The Balaban J connectivity index is 1.79. The summed E-state index contributed by atoms with van der Waals surface area (Å²) < 4.78 is 14.2. The molecule has 100 valence electrons. The monoisotopic (exact) mass is 384 g/mol. The van der Waals surface area contributed by atoms with Crippen LogP contribution < -0.4 is 0 Å². The van der Waals surface area contributed by atoms with Crippen molar-refractivity contribution in [3.05, 3.63) is 37.8 Å². The lowest BCUT2D eigenvalue weighted by Gasteiger charge is -2.32. The predicted octanol–water partition coefficient (Wildman–Crippen LogP) is 4.45. The summed E-state index contributed by atoms with van der Waals surface area (Å²) in [4.78, 5) is 0. The first-order valence-corrected chi connectivity index (χ1v) is 8.23. The van der Waals surface area contributed by atoms with Gasteiger partial charge in [-0.05, 0) is 41.7 Å². The van der Waals surface area contributed by atoms with Crippen LogP contribution in [-0.2, 0) is 15.9 Å². The molecule has 1 heterocycles. The normalized spacial score (nSPS) is 23.9. The minimum atomic E-state index is -0.345. The number of fused-ring (bicyclic) bond motifs is 2. The molecule has 1 aromatic carbocycles. The van der Waals surface area contributed by atoms with Gasteiger partial charge in [0, 0.05) is 21.8 Å². The summed E-state index contributed by atoms with van der Waals surface area (Å²) in [6.45, 7) is 1.46. The first-order valence-electron chi connectivity index (χ1n) is 6.65. The second-order valence-corrected chi connectivity index (χ2v) is 7.13. The number of ether oxygens (including phenoxy) is 2. The molecule has 0 saturated carbocycles. The molecule has 1 aliphatic heterocycles.